The van der Waals surface area contributed by atoms with E-state index in [9.17, 15) is 8.42 Å². The van der Waals surface area contributed by atoms with Crippen molar-refractivity contribution in [2.75, 3.05) is 19.8 Å². The van der Waals surface area contributed by atoms with Gasteiger partial charge in [0.2, 0.25) is 10.0 Å². The summed E-state index contributed by atoms with van der Waals surface area (Å²) >= 11 is 0. The van der Waals surface area contributed by atoms with Gasteiger partial charge in [0.25, 0.3) is 0 Å². The first-order valence-corrected chi connectivity index (χ1v) is 9.61. The molecule has 8 heteroatoms. The SMILES string of the molecule is CCOc1ccc(S(=O)(=O)NC2CCCNC2C)cc1OCC.Cl. The second kappa shape index (κ2) is 9.46. The van der Waals surface area contributed by atoms with Crippen molar-refractivity contribution in [3.8, 4) is 11.5 Å². The largest absolute Gasteiger partial charge is 0.490 e. The number of ether oxygens (including phenoxy) is 2. The van der Waals surface area contributed by atoms with Gasteiger partial charge in [-0.05, 0) is 52.3 Å². The third kappa shape index (κ3) is 5.24. The van der Waals surface area contributed by atoms with E-state index in [1.807, 2.05) is 20.8 Å². The van der Waals surface area contributed by atoms with Gasteiger partial charge in [0.1, 0.15) is 0 Å². The van der Waals surface area contributed by atoms with Crippen molar-refractivity contribution in [3.63, 3.8) is 0 Å². The molecule has 2 unspecified atom stereocenters. The van der Waals surface area contributed by atoms with E-state index in [2.05, 4.69) is 10.0 Å². The number of nitrogens with one attached hydrogen (secondary N) is 2. The average molecular weight is 379 g/mol. The van der Waals surface area contributed by atoms with Gasteiger partial charge in [-0.3, -0.25) is 0 Å². The molecule has 0 aliphatic carbocycles. The summed E-state index contributed by atoms with van der Waals surface area (Å²) in [5.74, 6) is 1.01. The Bertz CT molecular complexity index is 625. The predicted octanol–water partition coefficient (Wildman–Crippen LogP) is 2.32. The zero-order valence-corrected chi connectivity index (χ0v) is 16.0. The molecule has 1 aromatic rings. The molecule has 2 N–H and O–H groups in total. The van der Waals surface area contributed by atoms with Crippen LogP contribution in [0.3, 0.4) is 0 Å². The molecule has 0 aromatic heterocycles. The average Bonchev–Trinajstić information content (AvgIpc) is 2.51. The molecular weight excluding hydrogens is 352 g/mol. The Morgan fingerprint density at radius 1 is 1.21 bits per heavy atom. The van der Waals surface area contributed by atoms with Gasteiger partial charge < -0.3 is 14.8 Å². The summed E-state index contributed by atoms with van der Waals surface area (Å²) in [5, 5.41) is 3.29. The van der Waals surface area contributed by atoms with Crippen LogP contribution in [0, 0.1) is 0 Å². The normalized spacial score (nSPS) is 21.0. The lowest BCUT2D eigenvalue weighted by Gasteiger charge is -2.30. The Kier molecular flexibility index (Phi) is 8.29. The molecule has 1 aromatic carbocycles. The Morgan fingerprint density at radius 2 is 1.88 bits per heavy atom. The van der Waals surface area contributed by atoms with Crippen molar-refractivity contribution >= 4 is 22.4 Å². The van der Waals surface area contributed by atoms with Crippen molar-refractivity contribution < 1.29 is 17.9 Å². The highest BCUT2D eigenvalue weighted by Crippen LogP contribution is 2.30. The second-order valence-electron chi connectivity index (χ2n) is 5.59. The van der Waals surface area contributed by atoms with E-state index in [-0.39, 0.29) is 29.4 Å². The molecule has 2 atom stereocenters. The van der Waals surface area contributed by atoms with Gasteiger partial charge in [-0.15, -0.1) is 12.4 Å². The number of sulfonamides is 1. The van der Waals surface area contributed by atoms with Crippen LogP contribution in [0.2, 0.25) is 0 Å². The predicted molar refractivity (Wildman–Crippen MR) is 96.8 cm³/mol. The minimum atomic E-state index is -3.59. The maximum Gasteiger partial charge on any atom is 0.241 e. The topological polar surface area (TPSA) is 76.7 Å². The first-order chi connectivity index (χ1) is 11.0. The monoisotopic (exact) mass is 378 g/mol. The molecule has 0 radical (unpaired) electrons. The lowest BCUT2D eigenvalue weighted by Crippen LogP contribution is -2.51. The lowest BCUT2D eigenvalue weighted by atomic mass is 10.0. The summed E-state index contributed by atoms with van der Waals surface area (Å²) in [5.41, 5.74) is 0. The van der Waals surface area contributed by atoms with Gasteiger partial charge in [-0.1, -0.05) is 0 Å². The summed E-state index contributed by atoms with van der Waals surface area (Å²) in [7, 11) is -3.59. The Hall–Kier alpha value is -1.02. The molecule has 0 spiro atoms. The number of hydrogen-bond acceptors (Lipinski definition) is 5. The number of rotatable bonds is 7. The Balaban J connectivity index is 0.00000288. The zero-order valence-electron chi connectivity index (χ0n) is 14.4. The molecule has 1 heterocycles. The third-order valence-electron chi connectivity index (χ3n) is 3.89. The molecule has 24 heavy (non-hydrogen) atoms. The molecule has 1 fully saturated rings. The van der Waals surface area contributed by atoms with Crippen LogP contribution in [-0.4, -0.2) is 40.3 Å². The molecular formula is C16H27ClN2O4S. The number of hydrogen-bond donors (Lipinski definition) is 2. The molecule has 6 nitrogen and oxygen atoms in total. The van der Waals surface area contributed by atoms with Crippen molar-refractivity contribution in [2.24, 2.45) is 0 Å². The van der Waals surface area contributed by atoms with Crippen LogP contribution in [-0.2, 0) is 10.0 Å². The molecule has 2 rings (SSSR count). The fourth-order valence-corrected chi connectivity index (χ4v) is 4.04. The van der Waals surface area contributed by atoms with Gasteiger partial charge >= 0.3 is 0 Å². The maximum atomic E-state index is 12.6. The fraction of sp³-hybridized carbons (Fsp3) is 0.625. The maximum absolute atomic E-state index is 12.6. The molecule has 1 saturated heterocycles. The number of piperidine rings is 1. The third-order valence-corrected chi connectivity index (χ3v) is 5.38. The van der Waals surface area contributed by atoms with Crippen LogP contribution in [0.25, 0.3) is 0 Å². The van der Waals surface area contributed by atoms with Crippen molar-refractivity contribution in [1.29, 1.82) is 0 Å². The lowest BCUT2D eigenvalue weighted by molar-refractivity contribution is 0.287. The first kappa shape index (κ1) is 21.0. The van der Waals surface area contributed by atoms with E-state index in [4.69, 9.17) is 9.47 Å². The van der Waals surface area contributed by atoms with Gasteiger partial charge in [-0.25, -0.2) is 13.1 Å². The van der Waals surface area contributed by atoms with Crippen LogP contribution < -0.4 is 19.5 Å². The Morgan fingerprint density at radius 3 is 2.50 bits per heavy atom. The minimum absolute atomic E-state index is 0. The zero-order chi connectivity index (χ0) is 16.9. The highest BCUT2D eigenvalue weighted by molar-refractivity contribution is 7.89. The summed E-state index contributed by atoms with van der Waals surface area (Å²) in [6.45, 7) is 7.59. The van der Waals surface area contributed by atoms with Gasteiger partial charge in [0.15, 0.2) is 11.5 Å². The minimum Gasteiger partial charge on any atom is -0.490 e. The smallest absolute Gasteiger partial charge is 0.241 e. The van der Waals surface area contributed by atoms with E-state index in [0.29, 0.717) is 24.7 Å². The van der Waals surface area contributed by atoms with E-state index in [1.54, 1.807) is 12.1 Å². The van der Waals surface area contributed by atoms with Crippen LogP contribution >= 0.6 is 12.4 Å². The molecule has 1 aliphatic rings. The highest BCUT2D eigenvalue weighted by Gasteiger charge is 2.27. The number of benzene rings is 1. The van der Waals surface area contributed by atoms with Crippen molar-refractivity contribution in [3.05, 3.63) is 18.2 Å². The van der Waals surface area contributed by atoms with E-state index < -0.39 is 10.0 Å². The molecule has 0 amide bonds. The second-order valence-corrected chi connectivity index (χ2v) is 7.30. The quantitative estimate of drug-likeness (QED) is 0.761. The molecule has 138 valence electrons. The number of halogens is 1. The van der Waals surface area contributed by atoms with E-state index in [0.717, 1.165) is 19.4 Å². The van der Waals surface area contributed by atoms with Crippen molar-refractivity contribution in [2.45, 2.75) is 50.6 Å². The van der Waals surface area contributed by atoms with E-state index >= 15 is 0 Å². The van der Waals surface area contributed by atoms with Crippen LogP contribution in [0.15, 0.2) is 23.1 Å². The Labute approximate surface area is 150 Å². The molecule has 0 bridgehead atoms. The van der Waals surface area contributed by atoms with E-state index in [1.165, 1.54) is 6.07 Å². The van der Waals surface area contributed by atoms with Gasteiger partial charge in [0.05, 0.1) is 18.1 Å². The standard InChI is InChI=1S/C16H26N2O4S.ClH/c1-4-21-15-9-8-13(11-16(15)22-5-2)23(19,20)18-14-7-6-10-17-12(14)3;/h8-9,11-12,14,17-18H,4-7,10H2,1-3H3;1H. The molecule has 1 aliphatic heterocycles. The fourth-order valence-electron chi connectivity index (χ4n) is 2.67. The summed E-state index contributed by atoms with van der Waals surface area (Å²) in [6.07, 6.45) is 1.80. The summed E-state index contributed by atoms with van der Waals surface area (Å²) in [6, 6.07) is 4.74. The van der Waals surface area contributed by atoms with Crippen LogP contribution in [0.1, 0.15) is 33.6 Å². The van der Waals surface area contributed by atoms with Crippen LogP contribution in [0.4, 0.5) is 0 Å². The summed E-state index contributed by atoms with van der Waals surface area (Å²) in [4.78, 5) is 0.196. The first-order valence-electron chi connectivity index (χ1n) is 8.13. The highest BCUT2D eigenvalue weighted by atomic mass is 35.5. The summed E-state index contributed by atoms with van der Waals surface area (Å²) < 4.78 is 39.0. The van der Waals surface area contributed by atoms with Gasteiger partial charge in [0, 0.05) is 18.2 Å². The van der Waals surface area contributed by atoms with Crippen molar-refractivity contribution in [1.82, 2.24) is 10.0 Å². The molecule has 0 saturated carbocycles. The van der Waals surface area contributed by atoms with Gasteiger partial charge in [-0.2, -0.15) is 0 Å². The van der Waals surface area contributed by atoms with Crippen LogP contribution in [0.5, 0.6) is 11.5 Å².